The molecule has 2 rings (SSSR count). The molecule has 18 heavy (non-hydrogen) atoms. The van der Waals surface area contributed by atoms with E-state index in [9.17, 15) is 0 Å². The van der Waals surface area contributed by atoms with Crippen LogP contribution in [-0.2, 0) is 6.42 Å². The summed E-state index contributed by atoms with van der Waals surface area (Å²) in [6.07, 6.45) is 2.01. The summed E-state index contributed by atoms with van der Waals surface area (Å²) in [5.74, 6) is 1.43. The van der Waals surface area contributed by atoms with E-state index in [1.54, 1.807) is 0 Å². The molecule has 0 bridgehead atoms. The van der Waals surface area contributed by atoms with Crippen LogP contribution in [0.15, 0.2) is 24.3 Å². The predicted molar refractivity (Wildman–Crippen MR) is 73.6 cm³/mol. The zero-order chi connectivity index (χ0) is 13.0. The quantitative estimate of drug-likeness (QED) is 0.851. The minimum Gasteiger partial charge on any atom is -0.494 e. The molecule has 1 aromatic carbocycles. The highest BCUT2D eigenvalue weighted by Crippen LogP contribution is 2.30. The Bertz CT molecular complexity index is 502. The van der Waals surface area contributed by atoms with Crippen molar-refractivity contribution < 1.29 is 4.74 Å². The van der Waals surface area contributed by atoms with E-state index in [1.165, 1.54) is 0 Å². The van der Waals surface area contributed by atoms with Crippen LogP contribution in [0.3, 0.4) is 0 Å². The second-order valence-electron chi connectivity index (χ2n) is 4.17. The summed E-state index contributed by atoms with van der Waals surface area (Å²) in [7, 11) is 0. The van der Waals surface area contributed by atoms with Gasteiger partial charge in [-0.05, 0) is 31.0 Å². The lowest BCUT2D eigenvalue weighted by atomic mass is 10.0. The Morgan fingerprint density at radius 2 is 1.94 bits per heavy atom. The first-order chi connectivity index (χ1) is 8.76. The maximum Gasteiger partial charge on any atom is 0.153 e. The highest BCUT2D eigenvalue weighted by Gasteiger charge is 2.12. The number of anilines is 1. The fourth-order valence-corrected chi connectivity index (χ4v) is 2.03. The number of hydrogen-bond acceptors (Lipinski definition) is 3. The van der Waals surface area contributed by atoms with Gasteiger partial charge in [0.25, 0.3) is 0 Å². The lowest BCUT2D eigenvalue weighted by Gasteiger charge is -2.06. The number of hydrogen-bond donors (Lipinski definition) is 2. The standard InChI is InChI=1S/C14H19N3O/c1-3-5-12-13(14(15)17-16-12)10-6-8-11(9-7-10)18-4-2/h6-9H,3-5H2,1-2H3,(H3,15,16,17). The zero-order valence-electron chi connectivity index (χ0n) is 10.9. The fourth-order valence-electron chi connectivity index (χ4n) is 2.03. The lowest BCUT2D eigenvalue weighted by molar-refractivity contribution is 0.340. The first-order valence-corrected chi connectivity index (χ1v) is 6.32. The maximum atomic E-state index is 5.93. The molecule has 3 N–H and O–H groups in total. The molecular weight excluding hydrogens is 226 g/mol. The van der Waals surface area contributed by atoms with Crippen LogP contribution >= 0.6 is 0 Å². The van der Waals surface area contributed by atoms with E-state index in [1.807, 2.05) is 31.2 Å². The molecule has 0 aliphatic rings. The number of rotatable bonds is 5. The van der Waals surface area contributed by atoms with Crippen LogP contribution in [0.4, 0.5) is 5.82 Å². The van der Waals surface area contributed by atoms with Crippen LogP contribution in [-0.4, -0.2) is 16.8 Å². The van der Waals surface area contributed by atoms with Crippen molar-refractivity contribution in [3.05, 3.63) is 30.0 Å². The minimum absolute atomic E-state index is 0.558. The predicted octanol–water partition coefficient (Wildman–Crippen LogP) is 3.01. The van der Waals surface area contributed by atoms with Gasteiger partial charge in [0, 0.05) is 11.3 Å². The van der Waals surface area contributed by atoms with Gasteiger partial charge in [0.1, 0.15) is 5.75 Å². The number of aryl methyl sites for hydroxylation is 1. The van der Waals surface area contributed by atoms with Crippen molar-refractivity contribution >= 4 is 5.82 Å². The van der Waals surface area contributed by atoms with Crippen molar-refractivity contribution in [3.63, 3.8) is 0 Å². The van der Waals surface area contributed by atoms with Gasteiger partial charge in [0.05, 0.1) is 6.61 Å². The summed E-state index contributed by atoms with van der Waals surface area (Å²) >= 11 is 0. The van der Waals surface area contributed by atoms with E-state index < -0.39 is 0 Å². The average molecular weight is 245 g/mol. The fraction of sp³-hybridized carbons (Fsp3) is 0.357. The molecule has 0 saturated carbocycles. The first-order valence-electron chi connectivity index (χ1n) is 6.32. The third-order valence-electron chi connectivity index (χ3n) is 2.82. The Morgan fingerprint density at radius 1 is 1.22 bits per heavy atom. The monoisotopic (exact) mass is 245 g/mol. The van der Waals surface area contributed by atoms with E-state index in [2.05, 4.69) is 17.1 Å². The van der Waals surface area contributed by atoms with Gasteiger partial charge < -0.3 is 10.5 Å². The van der Waals surface area contributed by atoms with Gasteiger partial charge in [0.15, 0.2) is 5.82 Å². The normalized spacial score (nSPS) is 10.6. The Kier molecular flexibility index (Phi) is 3.87. The highest BCUT2D eigenvalue weighted by molar-refractivity contribution is 5.76. The van der Waals surface area contributed by atoms with E-state index in [0.717, 1.165) is 35.4 Å². The number of nitrogens with zero attached hydrogens (tertiary/aromatic N) is 1. The Labute approximate surface area is 107 Å². The van der Waals surface area contributed by atoms with Gasteiger partial charge in [-0.25, -0.2) is 0 Å². The van der Waals surface area contributed by atoms with Crippen molar-refractivity contribution in [2.45, 2.75) is 26.7 Å². The number of aromatic nitrogens is 2. The SMILES string of the molecule is CCCc1[nH]nc(N)c1-c1ccc(OCC)cc1. The average Bonchev–Trinajstić information content (AvgIpc) is 2.73. The summed E-state index contributed by atoms with van der Waals surface area (Å²) in [6.45, 7) is 4.79. The molecule has 2 aromatic rings. The molecule has 4 nitrogen and oxygen atoms in total. The summed E-state index contributed by atoms with van der Waals surface area (Å²) in [5, 5.41) is 7.10. The second-order valence-corrected chi connectivity index (χ2v) is 4.17. The van der Waals surface area contributed by atoms with E-state index >= 15 is 0 Å². The third-order valence-corrected chi connectivity index (χ3v) is 2.82. The Balaban J connectivity index is 2.32. The van der Waals surface area contributed by atoms with E-state index in [0.29, 0.717) is 12.4 Å². The maximum absolute atomic E-state index is 5.93. The van der Waals surface area contributed by atoms with Crippen LogP contribution < -0.4 is 10.5 Å². The van der Waals surface area contributed by atoms with Crippen LogP contribution in [0.5, 0.6) is 5.75 Å². The number of benzene rings is 1. The summed E-state index contributed by atoms with van der Waals surface area (Å²) in [6, 6.07) is 7.96. The molecule has 0 fully saturated rings. The van der Waals surface area contributed by atoms with Gasteiger partial charge in [0.2, 0.25) is 0 Å². The van der Waals surface area contributed by atoms with Crippen molar-refractivity contribution in [2.24, 2.45) is 0 Å². The number of nitrogens with two attached hydrogens (primary N) is 1. The second kappa shape index (κ2) is 5.58. The highest BCUT2D eigenvalue weighted by atomic mass is 16.5. The van der Waals surface area contributed by atoms with E-state index in [-0.39, 0.29) is 0 Å². The summed E-state index contributed by atoms with van der Waals surface area (Å²) in [4.78, 5) is 0. The van der Waals surface area contributed by atoms with Gasteiger partial charge in [-0.2, -0.15) is 5.10 Å². The lowest BCUT2D eigenvalue weighted by Crippen LogP contribution is -1.93. The molecule has 1 heterocycles. The molecule has 0 aliphatic heterocycles. The minimum atomic E-state index is 0.558. The Hall–Kier alpha value is -1.97. The number of aromatic amines is 1. The summed E-state index contributed by atoms with van der Waals surface area (Å²) < 4.78 is 5.43. The molecule has 1 aromatic heterocycles. The topological polar surface area (TPSA) is 63.9 Å². The molecule has 0 atom stereocenters. The van der Waals surface area contributed by atoms with E-state index in [4.69, 9.17) is 10.5 Å². The summed E-state index contributed by atoms with van der Waals surface area (Å²) in [5.41, 5.74) is 9.11. The van der Waals surface area contributed by atoms with Crippen LogP contribution in [0, 0.1) is 0 Å². The molecule has 0 radical (unpaired) electrons. The molecule has 0 spiro atoms. The molecule has 0 amide bonds. The smallest absolute Gasteiger partial charge is 0.153 e. The van der Waals surface area contributed by atoms with Gasteiger partial charge in [-0.3, -0.25) is 5.10 Å². The number of ether oxygens (including phenoxy) is 1. The molecule has 4 heteroatoms. The molecule has 0 saturated heterocycles. The van der Waals surface area contributed by atoms with Crippen LogP contribution in [0.1, 0.15) is 26.0 Å². The third kappa shape index (κ3) is 2.47. The number of nitrogen functional groups attached to an aromatic ring is 1. The van der Waals surface area contributed by atoms with Crippen molar-refractivity contribution in [1.82, 2.24) is 10.2 Å². The molecule has 0 aliphatic carbocycles. The van der Waals surface area contributed by atoms with Crippen molar-refractivity contribution in [1.29, 1.82) is 0 Å². The molecule has 0 unspecified atom stereocenters. The Morgan fingerprint density at radius 3 is 2.56 bits per heavy atom. The van der Waals surface area contributed by atoms with Crippen molar-refractivity contribution in [2.75, 3.05) is 12.3 Å². The van der Waals surface area contributed by atoms with Gasteiger partial charge >= 0.3 is 0 Å². The molecular formula is C14H19N3O. The van der Waals surface area contributed by atoms with Gasteiger partial charge in [-0.1, -0.05) is 25.5 Å². The van der Waals surface area contributed by atoms with Crippen LogP contribution in [0.2, 0.25) is 0 Å². The van der Waals surface area contributed by atoms with Crippen molar-refractivity contribution in [3.8, 4) is 16.9 Å². The largest absolute Gasteiger partial charge is 0.494 e. The molecule has 96 valence electrons. The number of nitrogens with one attached hydrogen (secondary N) is 1. The number of H-pyrrole nitrogens is 1. The first kappa shape index (κ1) is 12.5. The van der Waals surface area contributed by atoms with Gasteiger partial charge in [-0.15, -0.1) is 0 Å². The van der Waals surface area contributed by atoms with Crippen LogP contribution in [0.25, 0.3) is 11.1 Å². The zero-order valence-corrected chi connectivity index (χ0v) is 10.9.